The van der Waals surface area contributed by atoms with E-state index in [1.165, 1.54) is 28.7 Å². The van der Waals surface area contributed by atoms with Crippen molar-refractivity contribution in [2.24, 2.45) is 5.92 Å². The molecule has 3 aromatic heterocycles. The number of pyridine rings is 1. The standard InChI is InChI=1S/C23H21ClF2N6O2S/c24-15-8-18-19(12-29-22(18)28-11-15)23-30-20(26)9-21(31-23)27-10-14-2-1-7-32(13-14)35(33,34)17-5-3-16(25)4-6-17/h3-6,8-9,11-12,14H,1-2,7,10,13H2,(H,28,29)(H,27,30,31)/t14-/m1/s1. The van der Waals surface area contributed by atoms with Gasteiger partial charge in [-0.3, -0.25) is 0 Å². The zero-order chi connectivity index (χ0) is 24.6. The number of anilines is 1. The van der Waals surface area contributed by atoms with E-state index in [0.717, 1.165) is 18.6 Å². The van der Waals surface area contributed by atoms with Gasteiger partial charge in [0.05, 0.1) is 9.92 Å². The molecule has 12 heteroatoms. The first-order valence-electron chi connectivity index (χ1n) is 11.0. The minimum absolute atomic E-state index is 0.0171. The van der Waals surface area contributed by atoms with Crippen molar-refractivity contribution in [3.05, 3.63) is 65.6 Å². The fraction of sp³-hybridized carbons (Fsp3) is 0.261. The Balaban J connectivity index is 1.31. The molecule has 1 atom stereocenters. The van der Waals surface area contributed by atoms with Crippen LogP contribution >= 0.6 is 11.6 Å². The Bertz CT molecular complexity index is 1480. The van der Waals surface area contributed by atoms with Crippen LogP contribution in [0, 0.1) is 17.7 Å². The second-order valence-electron chi connectivity index (χ2n) is 8.36. The van der Waals surface area contributed by atoms with E-state index in [1.54, 1.807) is 12.3 Å². The van der Waals surface area contributed by atoms with Gasteiger partial charge >= 0.3 is 0 Å². The van der Waals surface area contributed by atoms with Crippen LogP contribution in [0.1, 0.15) is 12.8 Å². The lowest BCUT2D eigenvalue weighted by Crippen LogP contribution is -2.41. The lowest BCUT2D eigenvalue weighted by atomic mass is 10.00. The summed E-state index contributed by atoms with van der Waals surface area (Å²) >= 11 is 6.06. The van der Waals surface area contributed by atoms with E-state index in [1.807, 2.05) is 0 Å². The molecule has 0 unspecified atom stereocenters. The minimum Gasteiger partial charge on any atom is -0.370 e. The van der Waals surface area contributed by atoms with E-state index in [0.29, 0.717) is 47.7 Å². The molecule has 4 heterocycles. The van der Waals surface area contributed by atoms with Gasteiger partial charge in [-0.25, -0.2) is 22.8 Å². The zero-order valence-electron chi connectivity index (χ0n) is 18.4. The predicted octanol–water partition coefficient (Wildman–Crippen LogP) is 4.46. The van der Waals surface area contributed by atoms with Gasteiger partial charge in [-0.15, -0.1) is 0 Å². The molecule has 1 aromatic carbocycles. The molecule has 8 nitrogen and oxygen atoms in total. The van der Waals surface area contributed by atoms with Crippen molar-refractivity contribution in [1.29, 1.82) is 0 Å². The van der Waals surface area contributed by atoms with E-state index < -0.39 is 21.8 Å². The molecule has 1 fully saturated rings. The summed E-state index contributed by atoms with van der Waals surface area (Å²) in [5.74, 6) is -0.752. The van der Waals surface area contributed by atoms with Crippen LogP contribution in [0.15, 0.2) is 53.7 Å². The first kappa shape index (κ1) is 23.6. The summed E-state index contributed by atoms with van der Waals surface area (Å²) in [6.45, 7) is 1.08. The number of nitrogens with one attached hydrogen (secondary N) is 2. The Hall–Kier alpha value is -3.15. The van der Waals surface area contributed by atoms with Gasteiger partial charge in [-0.2, -0.15) is 13.7 Å². The van der Waals surface area contributed by atoms with Crippen LogP contribution in [0.2, 0.25) is 5.02 Å². The molecule has 2 N–H and O–H groups in total. The second kappa shape index (κ2) is 9.48. The van der Waals surface area contributed by atoms with Crippen molar-refractivity contribution in [2.45, 2.75) is 17.7 Å². The largest absolute Gasteiger partial charge is 0.370 e. The van der Waals surface area contributed by atoms with Crippen molar-refractivity contribution in [3.63, 3.8) is 0 Å². The van der Waals surface area contributed by atoms with E-state index in [9.17, 15) is 17.2 Å². The third-order valence-electron chi connectivity index (χ3n) is 5.94. The highest BCUT2D eigenvalue weighted by atomic mass is 35.5. The molecule has 1 aliphatic heterocycles. The lowest BCUT2D eigenvalue weighted by Gasteiger charge is -2.32. The Kier molecular flexibility index (Phi) is 6.39. The van der Waals surface area contributed by atoms with Crippen molar-refractivity contribution in [3.8, 4) is 11.4 Å². The second-order valence-corrected chi connectivity index (χ2v) is 10.7. The number of nitrogens with zero attached hydrogens (tertiary/aromatic N) is 4. The van der Waals surface area contributed by atoms with Gasteiger partial charge in [0.1, 0.15) is 17.3 Å². The van der Waals surface area contributed by atoms with Gasteiger partial charge in [-0.05, 0) is 49.1 Å². The number of halogens is 3. The molecule has 0 radical (unpaired) electrons. The number of aromatic nitrogens is 4. The number of benzene rings is 1. The van der Waals surface area contributed by atoms with Gasteiger partial charge in [0.15, 0.2) is 5.82 Å². The van der Waals surface area contributed by atoms with Crippen LogP contribution < -0.4 is 5.32 Å². The zero-order valence-corrected chi connectivity index (χ0v) is 20.0. The first-order valence-corrected chi connectivity index (χ1v) is 12.8. The lowest BCUT2D eigenvalue weighted by molar-refractivity contribution is 0.275. The van der Waals surface area contributed by atoms with E-state index in [2.05, 4.69) is 25.3 Å². The van der Waals surface area contributed by atoms with E-state index in [-0.39, 0.29) is 22.5 Å². The van der Waals surface area contributed by atoms with Crippen LogP contribution in [0.5, 0.6) is 0 Å². The van der Waals surface area contributed by atoms with Gasteiger partial charge in [0, 0.05) is 49.0 Å². The maximum absolute atomic E-state index is 14.3. The van der Waals surface area contributed by atoms with Crippen LogP contribution in [0.3, 0.4) is 0 Å². The van der Waals surface area contributed by atoms with Crippen molar-refractivity contribution < 1.29 is 17.2 Å². The predicted molar refractivity (Wildman–Crippen MR) is 128 cm³/mol. The third-order valence-corrected chi connectivity index (χ3v) is 8.02. The van der Waals surface area contributed by atoms with Crippen LogP contribution in [-0.4, -0.2) is 52.3 Å². The number of hydrogen-bond acceptors (Lipinski definition) is 6. The molecular weight excluding hydrogens is 498 g/mol. The quantitative estimate of drug-likeness (QED) is 0.365. The number of rotatable bonds is 6. The van der Waals surface area contributed by atoms with Crippen molar-refractivity contribution in [2.75, 3.05) is 25.0 Å². The summed E-state index contributed by atoms with van der Waals surface area (Å²) in [4.78, 5) is 15.6. The van der Waals surface area contributed by atoms with Crippen LogP contribution in [-0.2, 0) is 10.0 Å². The monoisotopic (exact) mass is 518 g/mol. The molecule has 0 bridgehead atoms. The molecule has 1 aliphatic rings. The van der Waals surface area contributed by atoms with Crippen LogP contribution in [0.25, 0.3) is 22.4 Å². The SMILES string of the molecule is O=S(=O)(c1ccc(F)cc1)N1CCC[C@H](CNc2cc(F)nc(-c3c[nH]c4ncc(Cl)cc34)n2)C1. The summed E-state index contributed by atoms with van der Waals surface area (Å²) in [6, 6.07) is 7.70. The Labute approximate surface area is 205 Å². The summed E-state index contributed by atoms with van der Waals surface area (Å²) in [6.07, 6.45) is 4.63. The molecule has 0 spiro atoms. The topological polar surface area (TPSA) is 104 Å². The van der Waals surface area contributed by atoms with E-state index in [4.69, 9.17) is 11.6 Å². The van der Waals surface area contributed by atoms with E-state index >= 15 is 0 Å². The maximum Gasteiger partial charge on any atom is 0.243 e. The Morgan fingerprint density at radius 2 is 1.97 bits per heavy atom. The fourth-order valence-corrected chi connectivity index (χ4v) is 5.92. The smallest absolute Gasteiger partial charge is 0.243 e. The molecular formula is C23H21ClF2N6O2S. The van der Waals surface area contributed by atoms with Gasteiger partial charge in [-0.1, -0.05) is 11.6 Å². The van der Waals surface area contributed by atoms with Crippen molar-refractivity contribution >= 4 is 38.5 Å². The molecule has 1 saturated heterocycles. The summed E-state index contributed by atoms with van der Waals surface area (Å²) in [7, 11) is -3.73. The molecule has 0 aliphatic carbocycles. The number of H-pyrrole nitrogens is 1. The maximum atomic E-state index is 14.3. The normalized spacial score (nSPS) is 17.1. The third kappa shape index (κ3) is 4.97. The molecule has 5 rings (SSSR count). The molecule has 0 amide bonds. The number of fused-ring (bicyclic) bond motifs is 1. The van der Waals surface area contributed by atoms with Gasteiger partial charge in [0.2, 0.25) is 16.0 Å². The first-order chi connectivity index (χ1) is 16.8. The van der Waals surface area contributed by atoms with Crippen LogP contribution in [0.4, 0.5) is 14.6 Å². The molecule has 4 aromatic rings. The molecule has 35 heavy (non-hydrogen) atoms. The summed E-state index contributed by atoms with van der Waals surface area (Å²) in [5, 5.41) is 4.23. The van der Waals surface area contributed by atoms with Gasteiger partial charge < -0.3 is 10.3 Å². The number of piperidine rings is 1. The molecule has 0 saturated carbocycles. The highest BCUT2D eigenvalue weighted by molar-refractivity contribution is 7.89. The fourth-order valence-electron chi connectivity index (χ4n) is 4.21. The average molecular weight is 519 g/mol. The van der Waals surface area contributed by atoms with Gasteiger partial charge in [0.25, 0.3) is 0 Å². The summed E-state index contributed by atoms with van der Waals surface area (Å²) in [5.41, 5.74) is 1.14. The summed E-state index contributed by atoms with van der Waals surface area (Å²) < 4.78 is 54.9. The number of sulfonamides is 1. The Morgan fingerprint density at radius 3 is 2.77 bits per heavy atom. The minimum atomic E-state index is -3.73. The average Bonchev–Trinajstić information content (AvgIpc) is 3.26. The molecule has 182 valence electrons. The van der Waals surface area contributed by atoms with Crippen molar-refractivity contribution in [1.82, 2.24) is 24.2 Å². The number of aromatic amines is 1. The number of hydrogen-bond donors (Lipinski definition) is 2. The Morgan fingerprint density at radius 1 is 1.17 bits per heavy atom. The highest BCUT2D eigenvalue weighted by Gasteiger charge is 2.30. The highest BCUT2D eigenvalue weighted by Crippen LogP contribution is 2.29.